The maximum Gasteiger partial charge on any atom is 0.140 e. The molecule has 2 aromatic heterocycles. The van der Waals surface area contributed by atoms with Crippen LogP contribution in [-0.2, 0) is 6.67 Å². The first kappa shape index (κ1) is 9.85. The number of nitrogens with zero attached hydrogens (tertiary/aromatic N) is 3. The maximum absolute atomic E-state index is 4.44. The first-order valence-electron chi connectivity index (χ1n) is 6.06. The molecule has 0 aromatic carbocycles. The lowest BCUT2D eigenvalue weighted by molar-refractivity contribution is 0.185. The van der Waals surface area contributed by atoms with E-state index in [0.29, 0.717) is 0 Å². The zero-order chi connectivity index (χ0) is 10.8. The summed E-state index contributed by atoms with van der Waals surface area (Å²) in [4.78, 5) is 6.95. The molecule has 0 bridgehead atoms. The molecule has 0 saturated carbocycles. The van der Waals surface area contributed by atoms with Crippen molar-refractivity contribution < 1.29 is 0 Å². The van der Waals surface area contributed by atoms with Crippen LogP contribution in [0.1, 0.15) is 19.3 Å². The van der Waals surface area contributed by atoms with Crippen LogP contribution in [0.25, 0.3) is 11.0 Å². The van der Waals surface area contributed by atoms with Crippen molar-refractivity contribution in [2.75, 3.05) is 13.1 Å². The van der Waals surface area contributed by atoms with Gasteiger partial charge >= 0.3 is 0 Å². The van der Waals surface area contributed by atoms with Crippen molar-refractivity contribution in [1.29, 1.82) is 0 Å². The first-order chi connectivity index (χ1) is 7.93. The Morgan fingerprint density at radius 3 is 2.88 bits per heavy atom. The molecule has 0 atom stereocenters. The predicted molar refractivity (Wildman–Crippen MR) is 65.2 cm³/mol. The third kappa shape index (κ3) is 1.83. The fraction of sp³-hybridized carbons (Fsp3) is 0.462. The largest absolute Gasteiger partial charge is 0.319 e. The normalized spacial score (nSPS) is 18.0. The van der Waals surface area contributed by atoms with Gasteiger partial charge in [-0.05, 0) is 44.1 Å². The van der Waals surface area contributed by atoms with Crippen molar-refractivity contribution >= 4 is 11.0 Å². The van der Waals surface area contributed by atoms with Crippen LogP contribution in [-0.4, -0.2) is 27.5 Å². The number of hydrogen-bond acceptors (Lipinski definition) is 2. The monoisotopic (exact) mass is 215 g/mol. The summed E-state index contributed by atoms with van der Waals surface area (Å²) in [5.74, 6) is 0. The van der Waals surface area contributed by atoms with Gasteiger partial charge in [-0.3, -0.25) is 4.90 Å². The highest BCUT2D eigenvalue weighted by molar-refractivity contribution is 5.75. The number of rotatable bonds is 2. The quantitative estimate of drug-likeness (QED) is 0.767. The molecular formula is C13H17N3. The van der Waals surface area contributed by atoms with Gasteiger partial charge < -0.3 is 4.57 Å². The number of likely N-dealkylation sites (tertiary alicyclic amines) is 1. The van der Waals surface area contributed by atoms with E-state index in [9.17, 15) is 0 Å². The average Bonchev–Trinajstić information content (AvgIpc) is 2.74. The van der Waals surface area contributed by atoms with Crippen LogP contribution in [0.3, 0.4) is 0 Å². The van der Waals surface area contributed by atoms with E-state index >= 15 is 0 Å². The van der Waals surface area contributed by atoms with Crippen molar-refractivity contribution in [2.24, 2.45) is 0 Å². The van der Waals surface area contributed by atoms with E-state index < -0.39 is 0 Å². The van der Waals surface area contributed by atoms with E-state index in [4.69, 9.17) is 0 Å². The molecule has 1 fully saturated rings. The Morgan fingerprint density at radius 2 is 2.00 bits per heavy atom. The summed E-state index contributed by atoms with van der Waals surface area (Å²) in [5, 5.41) is 1.24. The molecule has 84 valence electrons. The van der Waals surface area contributed by atoms with Gasteiger partial charge in [0.25, 0.3) is 0 Å². The Kier molecular flexibility index (Phi) is 2.62. The van der Waals surface area contributed by atoms with Crippen LogP contribution in [0.2, 0.25) is 0 Å². The zero-order valence-electron chi connectivity index (χ0n) is 9.47. The minimum Gasteiger partial charge on any atom is -0.319 e. The third-order valence-corrected chi connectivity index (χ3v) is 3.32. The maximum atomic E-state index is 4.44. The second-order valence-electron chi connectivity index (χ2n) is 4.52. The van der Waals surface area contributed by atoms with E-state index in [1.165, 1.54) is 37.7 Å². The summed E-state index contributed by atoms with van der Waals surface area (Å²) in [6, 6.07) is 6.26. The summed E-state index contributed by atoms with van der Waals surface area (Å²) in [7, 11) is 0. The molecule has 3 rings (SSSR count). The van der Waals surface area contributed by atoms with Crippen LogP contribution >= 0.6 is 0 Å². The van der Waals surface area contributed by atoms with Crippen molar-refractivity contribution in [3.8, 4) is 0 Å². The Bertz CT molecular complexity index is 469. The highest BCUT2D eigenvalue weighted by Gasteiger charge is 2.11. The number of piperidine rings is 1. The van der Waals surface area contributed by atoms with Crippen molar-refractivity contribution in [3.63, 3.8) is 0 Å². The zero-order valence-corrected chi connectivity index (χ0v) is 9.47. The van der Waals surface area contributed by atoms with Crippen molar-refractivity contribution in [1.82, 2.24) is 14.5 Å². The Balaban J connectivity index is 1.83. The Hall–Kier alpha value is -1.35. The molecule has 0 N–H and O–H groups in total. The SMILES string of the molecule is c1cnc2c(c1)ccn2CN1CCCCC1. The number of fused-ring (bicyclic) bond motifs is 1. The van der Waals surface area contributed by atoms with Gasteiger partial charge in [0.1, 0.15) is 5.65 Å². The second-order valence-corrected chi connectivity index (χ2v) is 4.52. The first-order valence-corrected chi connectivity index (χ1v) is 6.06. The predicted octanol–water partition coefficient (Wildman–Crippen LogP) is 2.48. The van der Waals surface area contributed by atoms with E-state index in [-0.39, 0.29) is 0 Å². The third-order valence-electron chi connectivity index (χ3n) is 3.32. The van der Waals surface area contributed by atoms with E-state index in [1.54, 1.807) is 0 Å². The van der Waals surface area contributed by atoms with E-state index in [1.807, 2.05) is 12.3 Å². The fourth-order valence-electron chi connectivity index (χ4n) is 2.45. The molecule has 1 aliphatic rings. The highest BCUT2D eigenvalue weighted by Crippen LogP contribution is 2.15. The molecule has 0 amide bonds. The molecule has 2 aromatic rings. The van der Waals surface area contributed by atoms with Gasteiger partial charge in [0.05, 0.1) is 6.67 Å². The molecule has 1 aliphatic heterocycles. The molecule has 3 heteroatoms. The molecule has 1 saturated heterocycles. The molecule has 0 unspecified atom stereocenters. The lowest BCUT2D eigenvalue weighted by Gasteiger charge is -2.26. The van der Waals surface area contributed by atoms with Gasteiger partial charge in [-0.1, -0.05) is 6.42 Å². The highest BCUT2D eigenvalue weighted by atomic mass is 15.3. The molecule has 0 aliphatic carbocycles. The second kappa shape index (κ2) is 4.26. The van der Waals surface area contributed by atoms with Crippen LogP contribution in [0.4, 0.5) is 0 Å². The van der Waals surface area contributed by atoms with Gasteiger partial charge in [0, 0.05) is 17.8 Å². The standard InChI is InChI=1S/C13H17N3/c1-2-8-15(9-3-1)11-16-10-6-12-5-4-7-14-13(12)16/h4-7,10H,1-3,8-9,11H2. The number of pyridine rings is 1. The Labute approximate surface area is 95.7 Å². The van der Waals surface area contributed by atoms with Crippen LogP contribution in [0.15, 0.2) is 30.6 Å². The minimum atomic E-state index is 0.987. The average molecular weight is 215 g/mol. The van der Waals surface area contributed by atoms with Gasteiger partial charge in [0.2, 0.25) is 0 Å². The van der Waals surface area contributed by atoms with E-state index in [0.717, 1.165) is 12.3 Å². The molecule has 0 spiro atoms. The lowest BCUT2D eigenvalue weighted by Crippen LogP contribution is -2.31. The number of aromatic nitrogens is 2. The smallest absolute Gasteiger partial charge is 0.140 e. The minimum absolute atomic E-state index is 0.987. The summed E-state index contributed by atoms with van der Waals surface area (Å²) < 4.78 is 2.25. The van der Waals surface area contributed by atoms with Crippen molar-refractivity contribution in [2.45, 2.75) is 25.9 Å². The van der Waals surface area contributed by atoms with Gasteiger partial charge in [-0.15, -0.1) is 0 Å². The van der Waals surface area contributed by atoms with Gasteiger partial charge in [-0.25, -0.2) is 4.98 Å². The number of hydrogen-bond donors (Lipinski definition) is 0. The van der Waals surface area contributed by atoms with Crippen LogP contribution in [0, 0.1) is 0 Å². The molecule has 0 radical (unpaired) electrons. The van der Waals surface area contributed by atoms with Gasteiger partial charge in [0.15, 0.2) is 0 Å². The fourth-order valence-corrected chi connectivity index (χ4v) is 2.45. The molecule has 3 nitrogen and oxygen atoms in total. The summed E-state index contributed by atoms with van der Waals surface area (Å²) in [6.07, 6.45) is 8.09. The van der Waals surface area contributed by atoms with E-state index in [2.05, 4.69) is 32.8 Å². The Morgan fingerprint density at radius 1 is 1.12 bits per heavy atom. The topological polar surface area (TPSA) is 21.1 Å². The lowest BCUT2D eigenvalue weighted by atomic mass is 10.1. The van der Waals surface area contributed by atoms with Crippen LogP contribution < -0.4 is 0 Å². The van der Waals surface area contributed by atoms with Gasteiger partial charge in [-0.2, -0.15) is 0 Å². The summed E-state index contributed by atoms with van der Waals surface area (Å²) >= 11 is 0. The molecule has 16 heavy (non-hydrogen) atoms. The summed E-state index contributed by atoms with van der Waals surface area (Å²) in [6.45, 7) is 3.44. The van der Waals surface area contributed by atoms with Crippen LogP contribution in [0.5, 0.6) is 0 Å². The molecular weight excluding hydrogens is 198 g/mol. The summed E-state index contributed by atoms with van der Waals surface area (Å²) in [5.41, 5.74) is 1.10. The molecule has 3 heterocycles. The van der Waals surface area contributed by atoms with Crippen molar-refractivity contribution in [3.05, 3.63) is 30.6 Å².